The molecule has 0 atom stereocenters. The highest BCUT2D eigenvalue weighted by molar-refractivity contribution is 5.73. The molecule has 152 valence electrons. The molecule has 0 aliphatic carbocycles. The number of hydrogen-bond donors (Lipinski definition) is 1. The number of urea groups is 1. The number of methoxy groups -OCH3 is 1. The molecule has 0 aromatic heterocycles. The maximum absolute atomic E-state index is 12.6. The zero-order valence-electron chi connectivity index (χ0n) is 15.8. The van der Waals surface area contributed by atoms with Gasteiger partial charge in [-0.15, -0.1) is 0 Å². The van der Waals surface area contributed by atoms with Crippen LogP contribution in [0.2, 0.25) is 0 Å². The Bertz CT molecular complexity index is 747. The summed E-state index contributed by atoms with van der Waals surface area (Å²) in [6.45, 7) is 1.08. The van der Waals surface area contributed by atoms with E-state index in [9.17, 15) is 18.0 Å². The quantitative estimate of drug-likeness (QED) is 0.676. The Morgan fingerprint density at radius 2 is 1.64 bits per heavy atom. The molecule has 2 rings (SSSR count). The highest BCUT2D eigenvalue weighted by Gasteiger charge is 2.29. The first-order valence-corrected chi connectivity index (χ1v) is 8.71. The second kappa shape index (κ2) is 9.87. The van der Waals surface area contributed by atoms with Gasteiger partial charge in [0.2, 0.25) is 0 Å². The molecule has 0 heterocycles. The minimum Gasteiger partial charge on any atom is -0.497 e. The second-order valence-electron chi connectivity index (χ2n) is 6.16. The number of halogens is 3. The van der Waals surface area contributed by atoms with Gasteiger partial charge < -0.3 is 19.7 Å². The summed E-state index contributed by atoms with van der Waals surface area (Å²) in [5, 5.41) is 2.75. The van der Waals surface area contributed by atoms with Crippen LogP contribution in [0.3, 0.4) is 0 Å². The first-order chi connectivity index (χ1) is 13.3. The summed E-state index contributed by atoms with van der Waals surface area (Å²) in [4.78, 5) is 13.5. The van der Waals surface area contributed by atoms with Gasteiger partial charge in [-0.25, -0.2) is 4.79 Å². The van der Waals surface area contributed by atoms with Crippen molar-refractivity contribution in [3.63, 3.8) is 0 Å². The lowest BCUT2D eigenvalue weighted by atomic mass is 10.1. The van der Waals surface area contributed by atoms with E-state index in [0.29, 0.717) is 30.9 Å². The highest BCUT2D eigenvalue weighted by Crippen LogP contribution is 2.29. The summed E-state index contributed by atoms with van der Waals surface area (Å²) in [7, 11) is 3.17. The van der Waals surface area contributed by atoms with Crippen LogP contribution in [-0.2, 0) is 12.7 Å². The summed E-state index contributed by atoms with van der Waals surface area (Å²) in [6.07, 6.45) is -3.75. The van der Waals surface area contributed by atoms with Gasteiger partial charge in [-0.3, -0.25) is 0 Å². The lowest BCUT2D eigenvalue weighted by Crippen LogP contribution is -2.37. The Morgan fingerprint density at radius 1 is 1.04 bits per heavy atom. The third-order valence-electron chi connectivity index (χ3n) is 3.97. The largest absolute Gasteiger partial charge is 0.497 e. The van der Waals surface area contributed by atoms with Crippen LogP contribution in [-0.4, -0.2) is 38.2 Å². The van der Waals surface area contributed by atoms with E-state index >= 15 is 0 Å². The molecule has 28 heavy (non-hydrogen) atoms. The monoisotopic (exact) mass is 396 g/mol. The van der Waals surface area contributed by atoms with E-state index in [1.54, 1.807) is 38.4 Å². The van der Waals surface area contributed by atoms with Crippen molar-refractivity contribution in [3.05, 3.63) is 59.7 Å². The van der Waals surface area contributed by atoms with E-state index in [-0.39, 0.29) is 12.6 Å². The number of nitrogens with one attached hydrogen (secondary N) is 1. The fraction of sp³-hybridized carbons (Fsp3) is 0.350. The fourth-order valence-electron chi connectivity index (χ4n) is 2.41. The van der Waals surface area contributed by atoms with E-state index in [1.165, 1.54) is 17.0 Å². The molecule has 2 amide bonds. The predicted molar refractivity (Wildman–Crippen MR) is 99.4 cm³/mol. The molecule has 2 aromatic carbocycles. The summed E-state index contributed by atoms with van der Waals surface area (Å²) in [5.74, 6) is 1.46. The fourth-order valence-corrected chi connectivity index (χ4v) is 2.41. The third-order valence-corrected chi connectivity index (χ3v) is 3.97. The van der Waals surface area contributed by atoms with E-state index in [4.69, 9.17) is 9.47 Å². The van der Waals surface area contributed by atoms with Crippen molar-refractivity contribution in [3.8, 4) is 11.5 Å². The van der Waals surface area contributed by atoms with Gasteiger partial charge in [-0.2, -0.15) is 13.2 Å². The number of ether oxygens (including phenoxy) is 2. The van der Waals surface area contributed by atoms with Crippen molar-refractivity contribution >= 4 is 6.03 Å². The van der Waals surface area contributed by atoms with Crippen molar-refractivity contribution in [2.24, 2.45) is 0 Å². The van der Waals surface area contributed by atoms with Gasteiger partial charge in [0.1, 0.15) is 11.5 Å². The van der Waals surface area contributed by atoms with Crippen LogP contribution in [0, 0.1) is 0 Å². The maximum Gasteiger partial charge on any atom is 0.416 e. The number of benzene rings is 2. The van der Waals surface area contributed by atoms with Crippen LogP contribution in [0.1, 0.15) is 17.5 Å². The van der Waals surface area contributed by atoms with Gasteiger partial charge in [-0.1, -0.05) is 12.1 Å². The molecular formula is C20H23F3N2O3. The predicted octanol–water partition coefficient (Wildman–Crippen LogP) is 4.32. The average Bonchev–Trinajstić information content (AvgIpc) is 2.67. The van der Waals surface area contributed by atoms with Gasteiger partial charge in [0.25, 0.3) is 0 Å². The van der Waals surface area contributed by atoms with Crippen LogP contribution >= 0.6 is 0 Å². The summed E-state index contributed by atoms with van der Waals surface area (Å²) < 4.78 is 48.3. The molecule has 0 aliphatic rings. The van der Waals surface area contributed by atoms with E-state index in [0.717, 1.165) is 17.9 Å². The number of alkyl halides is 3. The maximum atomic E-state index is 12.6. The van der Waals surface area contributed by atoms with E-state index in [1.807, 2.05) is 0 Å². The molecule has 8 heteroatoms. The van der Waals surface area contributed by atoms with Gasteiger partial charge in [-0.05, 0) is 48.4 Å². The molecule has 0 bridgehead atoms. The molecule has 0 radical (unpaired) electrons. The Hall–Kier alpha value is -2.90. The van der Waals surface area contributed by atoms with Crippen molar-refractivity contribution in [1.29, 1.82) is 0 Å². The van der Waals surface area contributed by atoms with Crippen LogP contribution in [0.15, 0.2) is 48.5 Å². The van der Waals surface area contributed by atoms with Crippen LogP contribution in [0.25, 0.3) is 0 Å². The van der Waals surface area contributed by atoms with Crippen LogP contribution in [0.4, 0.5) is 18.0 Å². The SMILES string of the molecule is COc1ccc(OCCCNC(=O)N(C)Cc2ccc(C(F)(F)F)cc2)cc1. The molecule has 1 N–H and O–H groups in total. The standard InChI is InChI=1S/C20H23F3N2O3/c1-25(14-15-4-6-16(7-5-15)20(21,22)23)19(26)24-12-3-13-28-18-10-8-17(27-2)9-11-18/h4-11H,3,12-14H2,1-2H3,(H,24,26). The van der Waals surface area contributed by atoms with Crippen molar-refractivity contribution < 1.29 is 27.4 Å². The molecule has 0 spiro atoms. The molecule has 0 saturated heterocycles. The number of hydrogen-bond acceptors (Lipinski definition) is 3. The molecule has 2 aromatic rings. The first kappa shape index (κ1) is 21.4. The number of nitrogens with zero attached hydrogens (tertiary/aromatic N) is 1. The summed E-state index contributed by atoms with van der Waals surface area (Å²) in [5.41, 5.74) is -0.0892. The Labute approximate surface area is 162 Å². The van der Waals surface area contributed by atoms with Crippen LogP contribution < -0.4 is 14.8 Å². The minimum absolute atomic E-state index is 0.215. The molecule has 0 fully saturated rings. The minimum atomic E-state index is -4.37. The Morgan fingerprint density at radius 3 is 2.21 bits per heavy atom. The lowest BCUT2D eigenvalue weighted by molar-refractivity contribution is -0.137. The topological polar surface area (TPSA) is 50.8 Å². The normalized spacial score (nSPS) is 11.0. The number of carbonyl (C=O) groups is 1. The average molecular weight is 396 g/mol. The van der Waals surface area contributed by atoms with Crippen molar-refractivity contribution in [1.82, 2.24) is 10.2 Å². The number of rotatable bonds is 8. The smallest absolute Gasteiger partial charge is 0.416 e. The Kier molecular flexibility index (Phi) is 7.54. The van der Waals surface area contributed by atoms with Gasteiger partial charge in [0, 0.05) is 20.1 Å². The van der Waals surface area contributed by atoms with Crippen molar-refractivity contribution in [2.45, 2.75) is 19.1 Å². The molecule has 5 nitrogen and oxygen atoms in total. The van der Waals surface area contributed by atoms with Crippen molar-refractivity contribution in [2.75, 3.05) is 27.3 Å². The number of carbonyl (C=O) groups excluding carboxylic acids is 1. The van der Waals surface area contributed by atoms with Gasteiger partial charge in [0.15, 0.2) is 0 Å². The molecule has 0 aliphatic heterocycles. The zero-order chi connectivity index (χ0) is 20.6. The van der Waals surface area contributed by atoms with E-state index < -0.39 is 11.7 Å². The van der Waals surface area contributed by atoms with E-state index in [2.05, 4.69) is 5.32 Å². The molecule has 0 unspecified atom stereocenters. The van der Waals surface area contributed by atoms with Gasteiger partial charge in [0.05, 0.1) is 19.3 Å². The number of amides is 2. The zero-order valence-corrected chi connectivity index (χ0v) is 15.8. The summed E-state index contributed by atoms with van der Waals surface area (Å²) >= 11 is 0. The summed E-state index contributed by atoms with van der Waals surface area (Å²) in [6, 6.07) is 11.7. The second-order valence-corrected chi connectivity index (χ2v) is 6.16. The van der Waals surface area contributed by atoms with Crippen LogP contribution in [0.5, 0.6) is 11.5 Å². The molecule has 0 saturated carbocycles. The van der Waals surface area contributed by atoms with Gasteiger partial charge >= 0.3 is 12.2 Å². The first-order valence-electron chi connectivity index (χ1n) is 8.71. The molecular weight excluding hydrogens is 373 g/mol. The Balaban J connectivity index is 1.67. The third kappa shape index (κ3) is 6.68. The highest BCUT2D eigenvalue weighted by atomic mass is 19.4. The lowest BCUT2D eigenvalue weighted by Gasteiger charge is -2.18.